The number of rotatable bonds is 4. The molecule has 3 heterocycles. The van der Waals surface area contributed by atoms with Gasteiger partial charge in [0.2, 0.25) is 5.91 Å². The lowest BCUT2D eigenvalue weighted by Crippen LogP contribution is -2.51. The number of hydrogen-bond donors (Lipinski definition) is 0. The Morgan fingerprint density at radius 2 is 1.73 bits per heavy atom. The number of imidazole rings is 1. The van der Waals surface area contributed by atoms with Gasteiger partial charge < -0.3 is 14.9 Å². The van der Waals surface area contributed by atoms with Gasteiger partial charge in [-0.15, -0.1) is 0 Å². The lowest BCUT2D eigenvalue weighted by atomic mass is 9.81. The predicted molar refractivity (Wildman–Crippen MR) is 134 cm³/mol. The van der Waals surface area contributed by atoms with E-state index in [1.165, 1.54) is 6.07 Å². The minimum Gasteiger partial charge on any atom is -0.593 e. The molecule has 1 saturated heterocycles. The summed E-state index contributed by atoms with van der Waals surface area (Å²) < 4.78 is 42.4. The second-order valence-electron chi connectivity index (χ2n) is 10.1. The third-order valence-electron chi connectivity index (χ3n) is 7.72. The molecule has 37 heavy (non-hydrogen) atoms. The summed E-state index contributed by atoms with van der Waals surface area (Å²) in [5, 5.41) is 7.92. The van der Waals surface area contributed by atoms with Crippen molar-refractivity contribution in [3.05, 3.63) is 52.6 Å². The molecule has 0 unspecified atom stereocenters. The summed E-state index contributed by atoms with van der Waals surface area (Å²) >= 11 is 0. The summed E-state index contributed by atoms with van der Waals surface area (Å²) in [5.74, 6) is 0.967. The third kappa shape index (κ3) is 5.03. The van der Waals surface area contributed by atoms with Crippen molar-refractivity contribution >= 4 is 22.8 Å². The number of aryl methyl sites for hydroxylation is 1. The van der Waals surface area contributed by atoms with Gasteiger partial charge in [0.25, 0.3) is 5.75 Å². The van der Waals surface area contributed by atoms with Crippen LogP contribution in [0.25, 0.3) is 11.0 Å². The number of benzene rings is 1. The molecule has 0 atom stereocenters. The highest BCUT2D eigenvalue weighted by molar-refractivity contribution is 5.79. The first-order valence-corrected chi connectivity index (χ1v) is 12.6. The van der Waals surface area contributed by atoms with Crippen molar-refractivity contribution in [2.24, 2.45) is 18.9 Å². The standard InChI is InChI=1S/C26H30F3N5O3/c1-31-20-10-9-19(35)15-21(20)34(25(31)37)16-17-5-7-18(8-6-17)24(36)33-13-11-32(12-14-33)23-4-2-3-22(30-23)26(27,28)29/h2-4,9-10,15,17-18,35H,5-8,11-14,16H2,1H3/p+1. The topological polar surface area (TPSA) is 86.3 Å². The van der Waals surface area contributed by atoms with Crippen molar-refractivity contribution in [1.82, 2.24) is 19.0 Å². The summed E-state index contributed by atoms with van der Waals surface area (Å²) in [7, 11) is 1.74. The Labute approximate surface area is 211 Å². The van der Waals surface area contributed by atoms with E-state index < -0.39 is 11.9 Å². The molecule has 2 aliphatic rings. The van der Waals surface area contributed by atoms with E-state index in [1.54, 1.807) is 45.3 Å². The Hall–Kier alpha value is -3.50. The molecular weight excluding hydrogens is 487 g/mol. The fourth-order valence-electron chi connectivity index (χ4n) is 5.61. The van der Waals surface area contributed by atoms with E-state index in [0.29, 0.717) is 38.5 Å². The van der Waals surface area contributed by atoms with Gasteiger partial charge in [-0.1, -0.05) is 6.07 Å². The smallest absolute Gasteiger partial charge is 0.433 e. The molecule has 5 rings (SSSR count). The molecule has 2 fully saturated rings. The molecular formula is C26H31F3N5O3+. The van der Waals surface area contributed by atoms with Crippen LogP contribution in [0.1, 0.15) is 31.4 Å². The van der Waals surface area contributed by atoms with Crippen molar-refractivity contribution in [3.8, 4) is 5.75 Å². The Morgan fingerprint density at radius 1 is 1.03 bits per heavy atom. The Kier molecular flexibility index (Phi) is 6.63. The van der Waals surface area contributed by atoms with Gasteiger partial charge in [-0.3, -0.25) is 13.9 Å². The number of piperazine rings is 1. The molecule has 1 amide bonds. The van der Waals surface area contributed by atoms with Crippen LogP contribution in [0.15, 0.2) is 41.2 Å². The van der Waals surface area contributed by atoms with Crippen LogP contribution in [0.3, 0.4) is 0 Å². The quantitative estimate of drug-likeness (QED) is 0.496. The van der Waals surface area contributed by atoms with Crippen LogP contribution < -0.4 is 10.6 Å². The maximum atomic E-state index is 13.2. The normalized spacial score (nSPS) is 21.0. The van der Waals surface area contributed by atoms with Gasteiger partial charge in [0.05, 0.1) is 17.1 Å². The van der Waals surface area contributed by atoms with E-state index in [-0.39, 0.29) is 29.3 Å². The summed E-state index contributed by atoms with van der Waals surface area (Å²) in [6, 6.07) is 9.09. The second kappa shape index (κ2) is 9.75. The molecule has 8 nitrogen and oxygen atoms in total. The monoisotopic (exact) mass is 518 g/mol. The van der Waals surface area contributed by atoms with E-state index in [2.05, 4.69) is 4.98 Å². The highest BCUT2D eigenvalue weighted by Crippen LogP contribution is 2.33. The van der Waals surface area contributed by atoms with Gasteiger partial charge >= 0.3 is 11.9 Å². The summed E-state index contributed by atoms with van der Waals surface area (Å²) in [5.41, 5.74) is 0.578. The van der Waals surface area contributed by atoms with E-state index in [0.717, 1.165) is 42.8 Å². The Balaban J connectivity index is 1.16. The molecule has 2 N–H and O–H groups in total. The Bertz CT molecular complexity index is 1350. The van der Waals surface area contributed by atoms with Crippen LogP contribution >= 0.6 is 0 Å². The number of halogens is 3. The number of aromatic nitrogens is 3. The van der Waals surface area contributed by atoms with Gasteiger partial charge in [0.1, 0.15) is 11.5 Å². The zero-order valence-corrected chi connectivity index (χ0v) is 20.7. The number of carbonyl (C=O) groups is 1. The van der Waals surface area contributed by atoms with E-state index in [9.17, 15) is 22.8 Å². The highest BCUT2D eigenvalue weighted by Gasteiger charge is 2.34. The van der Waals surface area contributed by atoms with E-state index >= 15 is 0 Å². The summed E-state index contributed by atoms with van der Waals surface area (Å²) in [4.78, 5) is 33.3. The van der Waals surface area contributed by atoms with Crippen molar-refractivity contribution in [3.63, 3.8) is 0 Å². The zero-order chi connectivity index (χ0) is 26.3. The average molecular weight is 519 g/mol. The summed E-state index contributed by atoms with van der Waals surface area (Å²) in [6.07, 6.45) is -1.30. The van der Waals surface area contributed by atoms with Gasteiger partial charge in [-0.05, 0) is 49.8 Å². The first-order valence-electron chi connectivity index (χ1n) is 12.6. The SMILES string of the molecule is Cn1c(=O)n(CC2CCC(C(=O)N3CCN(c4cccc(C(F)(F)F)n4)CC3)CC2)c2cc([OH2+])ccc21. The fraction of sp³-hybridized carbons (Fsp3) is 0.500. The molecule has 1 saturated carbocycles. The first kappa shape index (κ1) is 25.2. The fourth-order valence-corrected chi connectivity index (χ4v) is 5.61. The molecule has 0 spiro atoms. The number of amides is 1. The number of carbonyl (C=O) groups excluding carboxylic acids is 1. The number of hydrogen-bond acceptors (Lipinski definition) is 4. The molecule has 1 aromatic carbocycles. The lowest BCUT2D eigenvalue weighted by molar-refractivity contribution is -0.141. The lowest BCUT2D eigenvalue weighted by Gasteiger charge is -2.38. The van der Waals surface area contributed by atoms with Crippen LogP contribution in [0.4, 0.5) is 19.0 Å². The predicted octanol–water partition coefficient (Wildman–Crippen LogP) is 3.35. The number of fused-ring (bicyclic) bond motifs is 1. The molecule has 3 aromatic rings. The Morgan fingerprint density at radius 3 is 2.41 bits per heavy atom. The van der Waals surface area contributed by atoms with Crippen LogP contribution in [-0.2, 0) is 24.6 Å². The molecule has 0 radical (unpaired) electrons. The van der Waals surface area contributed by atoms with Crippen LogP contribution in [0.2, 0.25) is 0 Å². The molecule has 2 aromatic heterocycles. The number of alkyl halides is 3. The van der Waals surface area contributed by atoms with Crippen LogP contribution in [-0.4, -0.2) is 56.2 Å². The summed E-state index contributed by atoms with van der Waals surface area (Å²) in [6.45, 7) is 2.37. The molecule has 11 heteroatoms. The molecule has 1 aliphatic heterocycles. The van der Waals surface area contributed by atoms with Crippen molar-refractivity contribution in [2.45, 2.75) is 38.4 Å². The second-order valence-corrected chi connectivity index (χ2v) is 10.1. The minimum absolute atomic E-state index is 0.0708. The van der Waals surface area contributed by atoms with Gasteiger partial charge in [0.15, 0.2) is 0 Å². The molecule has 1 aliphatic carbocycles. The van der Waals surface area contributed by atoms with Crippen LogP contribution in [0.5, 0.6) is 5.75 Å². The zero-order valence-electron chi connectivity index (χ0n) is 20.7. The van der Waals surface area contributed by atoms with Gasteiger partial charge in [-0.2, -0.15) is 13.2 Å². The van der Waals surface area contributed by atoms with Crippen molar-refractivity contribution in [1.29, 1.82) is 0 Å². The molecule has 0 bridgehead atoms. The third-order valence-corrected chi connectivity index (χ3v) is 7.72. The van der Waals surface area contributed by atoms with Crippen molar-refractivity contribution < 1.29 is 23.1 Å². The van der Waals surface area contributed by atoms with Crippen LogP contribution in [0, 0.1) is 11.8 Å². The minimum atomic E-state index is -4.49. The van der Waals surface area contributed by atoms with E-state index in [4.69, 9.17) is 5.11 Å². The largest absolute Gasteiger partial charge is 0.593 e. The maximum Gasteiger partial charge on any atom is 0.433 e. The van der Waals surface area contributed by atoms with Crippen molar-refractivity contribution in [2.75, 3.05) is 31.1 Å². The maximum absolute atomic E-state index is 13.2. The highest BCUT2D eigenvalue weighted by atomic mass is 19.4. The van der Waals surface area contributed by atoms with Gasteiger partial charge in [0, 0.05) is 51.8 Å². The number of nitrogens with zero attached hydrogens (tertiary/aromatic N) is 5. The van der Waals surface area contributed by atoms with Gasteiger partial charge in [-0.25, -0.2) is 9.78 Å². The average Bonchev–Trinajstić information content (AvgIpc) is 3.12. The first-order chi connectivity index (χ1) is 17.6. The number of anilines is 1. The number of pyridine rings is 1. The molecule has 198 valence electrons. The van der Waals surface area contributed by atoms with E-state index in [1.807, 2.05) is 4.90 Å².